The lowest BCUT2D eigenvalue weighted by atomic mass is 10.2. The van der Waals surface area contributed by atoms with Crippen molar-refractivity contribution < 1.29 is 14.3 Å². The van der Waals surface area contributed by atoms with E-state index in [0.29, 0.717) is 27.3 Å². The van der Waals surface area contributed by atoms with Gasteiger partial charge in [0.2, 0.25) is 0 Å². The topological polar surface area (TPSA) is 38.8 Å². The quantitative estimate of drug-likeness (QED) is 0.448. The van der Waals surface area contributed by atoms with Crippen molar-refractivity contribution in [3.63, 3.8) is 0 Å². The Morgan fingerprint density at radius 3 is 2.87 bits per heavy atom. The number of thiocarbonyl (C=S) groups is 1. The van der Waals surface area contributed by atoms with Crippen LogP contribution in [0.4, 0.5) is 0 Å². The Kier molecular flexibility index (Phi) is 6.08. The van der Waals surface area contributed by atoms with Gasteiger partial charge in [-0.2, -0.15) is 0 Å². The predicted octanol–water partition coefficient (Wildman–Crippen LogP) is 3.32. The van der Waals surface area contributed by atoms with Gasteiger partial charge in [-0.25, -0.2) is 0 Å². The number of carbonyl (C=O) groups is 1. The van der Waals surface area contributed by atoms with E-state index in [9.17, 15) is 4.79 Å². The third kappa shape index (κ3) is 4.06. The molecule has 1 aliphatic heterocycles. The molecule has 23 heavy (non-hydrogen) atoms. The molecule has 6 heteroatoms. The van der Waals surface area contributed by atoms with Crippen molar-refractivity contribution in [1.82, 2.24) is 4.90 Å². The van der Waals surface area contributed by atoms with Crippen molar-refractivity contribution in [1.29, 1.82) is 0 Å². The summed E-state index contributed by atoms with van der Waals surface area (Å²) in [5.41, 5.74) is 0.840. The lowest BCUT2D eigenvalue weighted by molar-refractivity contribution is -0.122. The maximum absolute atomic E-state index is 12.3. The first-order valence-corrected chi connectivity index (χ1v) is 8.32. The molecule has 1 amide bonds. The minimum atomic E-state index is -0.0477. The number of ether oxygens (including phenoxy) is 2. The molecular weight excluding hydrogens is 330 g/mol. The van der Waals surface area contributed by atoms with E-state index >= 15 is 0 Å². The molecule has 0 N–H and O–H groups in total. The highest BCUT2D eigenvalue weighted by molar-refractivity contribution is 8.26. The van der Waals surface area contributed by atoms with Crippen LogP contribution >= 0.6 is 24.0 Å². The fraction of sp³-hybridized carbons (Fsp3) is 0.294. The van der Waals surface area contributed by atoms with Crippen molar-refractivity contribution in [2.75, 3.05) is 20.3 Å². The first kappa shape index (κ1) is 17.4. The molecule has 0 aromatic heterocycles. The van der Waals surface area contributed by atoms with Gasteiger partial charge in [0, 0.05) is 6.54 Å². The molecule has 4 nitrogen and oxygen atoms in total. The van der Waals surface area contributed by atoms with Crippen LogP contribution in [-0.4, -0.2) is 35.4 Å². The van der Waals surface area contributed by atoms with Crippen LogP contribution in [0.1, 0.15) is 18.9 Å². The fourth-order valence-corrected chi connectivity index (χ4v) is 3.39. The average molecular weight is 347 g/mol. The van der Waals surface area contributed by atoms with Crippen LogP contribution in [0.15, 0.2) is 23.1 Å². The zero-order valence-corrected chi connectivity index (χ0v) is 14.6. The minimum absolute atomic E-state index is 0.0477. The summed E-state index contributed by atoms with van der Waals surface area (Å²) in [6.45, 7) is 2.83. The maximum Gasteiger partial charge on any atom is 0.266 e. The van der Waals surface area contributed by atoms with Crippen molar-refractivity contribution in [2.24, 2.45) is 0 Å². The van der Waals surface area contributed by atoms with Gasteiger partial charge in [0.1, 0.15) is 10.9 Å². The fourth-order valence-electron chi connectivity index (χ4n) is 2.08. The van der Waals surface area contributed by atoms with E-state index in [2.05, 4.69) is 5.92 Å². The van der Waals surface area contributed by atoms with Gasteiger partial charge in [-0.15, -0.1) is 6.42 Å². The highest BCUT2D eigenvalue weighted by atomic mass is 32.2. The third-order valence-electron chi connectivity index (χ3n) is 3.12. The molecule has 1 heterocycles. The first-order chi connectivity index (χ1) is 11.1. The number of hydrogen-bond donors (Lipinski definition) is 0. The first-order valence-electron chi connectivity index (χ1n) is 7.10. The van der Waals surface area contributed by atoms with Crippen LogP contribution in [-0.2, 0) is 4.79 Å². The highest BCUT2D eigenvalue weighted by Crippen LogP contribution is 2.34. The van der Waals surface area contributed by atoms with Gasteiger partial charge < -0.3 is 9.47 Å². The Labute approximate surface area is 145 Å². The summed E-state index contributed by atoms with van der Waals surface area (Å²) in [4.78, 5) is 14.6. The number of nitrogens with zero attached hydrogens (tertiary/aromatic N) is 1. The Morgan fingerprint density at radius 2 is 2.22 bits per heavy atom. The molecule has 0 atom stereocenters. The van der Waals surface area contributed by atoms with E-state index in [1.807, 2.05) is 19.1 Å². The normalized spacial score (nSPS) is 15.9. The monoisotopic (exact) mass is 347 g/mol. The molecule has 0 aliphatic carbocycles. The van der Waals surface area contributed by atoms with Crippen molar-refractivity contribution in [3.05, 3.63) is 28.7 Å². The van der Waals surface area contributed by atoms with E-state index in [1.165, 1.54) is 11.8 Å². The SMILES string of the molecule is C#CCOc1ccc(/C=C2/SC(=S)N(CCC)C2=O)cc1OC. The molecule has 1 aromatic rings. The summed E-state index contributed by atoms with van der Waals surface area (Å²) < 4.78 is 11.3. The van der Waals surface area contributed by atoms with E-state index < -0.39 is 0 Å². The van der Waals surface area contributed by atoms with Gasteiger partial charge in [-0.05, 0) is 30.2 Å². The molecule has 0 bridgehead atoms. The van der Waals surface area contributed by atoms with Gasteiger partial charge in [0.05, 0.1) is 12.0 Å². The molecule has 0 radical (unpaired) electrons. The van der Waals surface area contributed by atoms with Crippen LogP contribution in [0.2, 0.25) is 0 Å². The number of benzene rings is 1. The van der Waals surface area contributed by atoms with Crippen LogP contribution in [0.3, 0.4) is 0 Å². The summed E-state index contributed by atoms with van der Waals surface area (Å²) in [7, 11) is 1.56. The summed E-state index contributed by atoms with van der Waals surface area (Å²) >= 11 is 6.58. The van der Waals surface area contributed by atoms with Gasteiger partial charge in [0.25, 0.3) is 5.91 Å². The molecule has 2 rings (SSSR count). The van der Waals surface area contributed by atoms with Crippen molar-refractivity contribution in [2.45, 2.75) is 13.3 Å². The minimum Gasteiger partial charge on any atom is -0.493 e. The summed E-state index contributed by atoms with van der Waals surface area (Å²) in [5, 5.41) is 0. The number of terminal acetylenes is 1. The predicted molar refractivity (Wildman–Crippen MR) is 97.5 cm³/mol. The molecule has 1 saturated heterocycles. The summed E-state index contributed by atoms with van der Waals surface area (Å²) in [6, 6.07) is 5.42. The van der Waals surface area contributed by atoms with Gasteiger partial charge in [0.15, 0.2) is 11.5 Å². The Hall–Kier alpha value is -1.97. The molecule has 0 spiro atoms. The third-order valence-corrected chi connectivity index (χ3v) is 4.50. The van der Waals surface area contributed by atoms with E-state index in [4.69, 9.17) is 28.1 Å². The maximum atomic E-state index is 12.3. The summed E-state index contributed by atoms with van der Waals surface area (Å²) in [6.07, 6.45) is 7.87. The number of amides is 1. The highest BCUT2D eigenvalue weighted by Gasteiger charge is 2.31. The van der Waals surface area contributed by atoms with Gasteiger partial charge in [-0.3, -0.25) is 9.69 Å². The Bertz CT molecular complexity index is 692. The van der Waals surface area contributed by atoms with Gasteiger partial charge in [-0.1, -0.05) is 42.9 Å². The Balaban J connectivity index is 2.24. The second kappa shape index (κ2) is 8.04. The van der Waals surface area contributed by atoms with Crippen LogP contribution in [0, 0.1) is 12.3 Å². The van der Waals surface area contributed by atoms with Crippen molar-refractivity contribution in [3.8, 4) is 23.8 Å². The van der Waals surface area contributed by atoms with E-state index in [0.717, 1.165) is 12.0 Å². The number of hydrogen-bond acceptors (Lipinski definition) is 5. The van der Waals surface area contributed by atoms with Crippen LogP contribution in [0.25, 0.3) is 6.08 Å². The van der Waals surface area contributed by atoms with E-state index in [1.54, 1.807) is 24.1 Å². The van der Waals surface area contributed by atoms with E-state index in [-0.39, 0.29) is 12.5 Å². The van der Waals surface area contributed by atoms with Gasteiger partial charge >= 0.3 is 0 Å². The summed E-state index contributed by atoms with van der Waals surface area (Å²) in [5.74, 6) is 3.50. The molecule has 1 aromatic carbocycles. The molecular formula is C17H17NO3S2. The average Bonchev–Trinajstić information content (AvgIpc) is 2.81. The van der Waals surface area contributed by atoms with Crippen LogP contribution in [0.5, 0.6) is 11.5 Å². The number of thioether (sulfide) groups is 1. The number of rotatable bonds is 6. The standard InChI is InChI=1S/C17H17NO3S2/c1-4-8-18-16(19)15(23-17(18)22)11-12-6-7-13(21-9-5-2)14(10-12)20-3/h2,6-7,10-11H,4,8-9H2,1,3H3/b15-11+. The smallest absolute Gasteiger partial charge is 0.266 e. The number of methoxy groups -OCH3 is 1. The number of carbonyl (C=O) groups excluding carboxylic acids is 1. The molecule has 1 aliphatic rings. The Morgan fingerprint density at radius 1 is 1.43 bits per heavy atom. The molecule has 0 unspecified atom stereocenters. The zero-order chi connectivity index (χ0) is 16.8. The van der Waals surface area contributed by atoms with Crippen LogP contribution < -0.4 is 9.47 Å². The molecule has 1 fully saturated rings. The largest absolute Gasteiger partial charge is 0.493 e. The second-order valence-electron chi connectivity index (χ2n) is 4.74. The zero-order valence-electron chi connectivity index (χ0n) is 13.0. The lowest BCUT2D eigenvalue weighted by Crippen LogP contribution is -2.28. The molecule has 0 saturated carbocycles. The van der Waals surface area contributed by atoms with Crippen molar-refractivity contribution >= 4 is 40.3 Å². The molecule has 120 valence electrons. The second-order valence-corrected chi connectivity index (χ2v) is 6.41. The lowest BCUT2D eigenvalue weighted by Gasteiger charge is -2.12.